The molecule has 0 amide bonds. The molecule has 3 heteroatoms. The first-order valence-corrected chi connectivity index (χ1v) is 14.8. The van der Waals surface area contributed by atoms with E-state index in [0.29, 0.717) is 0 Å². The molecule has 6 aromatic rings. The molecule has 2 aliphatic rings. The van der Waals surface area contributed by atoms with E-state index >= 15 is 0 Å². The Morgan fingerprint density at radius 1 is 0.429 bits per heavy atom. The fourth-order valence-electron chi connectivity index (χ4n) is 7.19. The van der Waals surface area contributed by atoms with Gasteiger partial charge in [0, 0.05) is 39.5 Å². The molecule has 8 rings (SSSR count). The van der Waals surface area contributed by atoms with Crippen LogP contribution in [0.5, 0.6) is 0 Å². The summed E-state index contributed by atoms with van der Waals surface area (Å²) in [6.45, 7) is 4.84. The van der Waals surface area contributed by atoms with Gasteiger partial charge in [0.1, 0.15) is 0 Å². The van der Waals surface area contributed by atoms with Gasteiger partial charge >= 0.3 is 0 Å². The molecule has 0 N–H and O–H groups in total. The lowest BCUT2D eigenvalue weighted by Crippen LogP contribution is -2.63. The van der Waals surface area contributed by atoms with Crippen LogP contribution in [0.2, 0.25) is 0 Å². The Bertz CT molecular complexity index is 1900. The molecule has 0 bridgehead atoms. The average molecular weight is 539 g/mol. The zero-order chi connectivity index (χ0) is 28.3. The van der Waals surface area contributed by atoms with Gasteiger partial charge in [-0.05, 0) is 76.0 Å². The normalized spacial score (nSPS) is 13.3. The number of hydrogen-bond donors (Lipinski definition) is 0. The fraction of sp³-hybridized carbons (Fsp3) is 0.0769. The first-order chi connectivity index (χ1) is 20.6. The molecule has 0 radical (unpaired) electrons. The third-order valence-electron chi connectivity index (χ3n) is 9.13. The summed E-state index contributed by atoms with van der Waals surface area (Å²) in [4.78, 5) is 4.93. The van der Waals surface area contributed by atoms with Gasteiger partial charge < -0.3 is 9.80 Å². The second-order valence-electron chi connectivity index (χ2n) is 11.8. The van der Waals surface area contributed by atoms with Gasteiger partial charge in [0.25, 0.3) is 6.71 Å². The topological polar surface area (TPSA) is 6.48 Å². The first kappa shape index (κ1) is 24.8. The minimum Gasteiger partial charge on any atom is -0.311 e. The molecule has 2 heterocycles. The van der Waals surface area contributed by atoms with E-state index in [4.69, 9.17) is 0 Å². The van der Waals surface area contributed by atoms with E-state index in [0.717, 1.165) is 0 Å². The van der Waals surface area contributed by atoms with Crippen LogP contribution in [0.4, 0.5) is 34.1 Å². The number of fused-ring (bicyclic) bond motifs is 4. The second-order valence-corrected chi connectivity index (χ2v) is 11.8. The summed E-state index contributed by atoms with van der Waals surface area (Å²) in [6.07, 6.45) is 0. The van der Waals surface area contributed by atoms with E-state index in [1.54, 1.807) is 0 Å². The molecular formula is C39H31BN2. The van der Waals surface area contributed by atoms with Crippen molar-refractivity contribution in [2.75, 3.05) is 9.80 Å². The van der Waals surface area contributed by atoms with Gasteiger partial charge in [-0.2, -0.15) is 0 Å². The standard InChI is InChI=1S/C39H31BN2/c1-39(2,28-16-6-3-7-17-28)31-22-14-25-34-37(31)40-32-23-12-13-24-33(32)41(29-18-8-4-9-19-29)35-26-15-27-36(38(35)40)42(34)30-20-10-5-11-21-30/h3-27H,1-2H3. The molecule has 0 atom stereocenters. The summed E-state index contributed by atoms with van der Waals surface area (Å²) in [5.41, 5.74) is 13.9. The van der Waals surface area contributed by atoms with Crippen LogP contribution in [0.1, 0.15) is 25.0 Å². The van der Waals surface area contributed by atoms with Crippen LogP contribution in [0.25, 0.3) is 0 Å². The monoisotopic (exact) mass is 538 g/mol. The Morgan fingerprint density at radius 2 is 0.881 bits per heavy atom. The van der Waals surface area contributed by atoms with Gasteiger partial charge in [0.15, 0.2) is 0 Å². The summed E-state index contributed by atoms with van der Waals surface area (Å²) >= 11 is 0. The molecule has 0 unspecified atom stereocenters. The molecule has 6 aromatic carbocycles. The summed E-state index contributed by atoms with van der Waals surface area (Å²) in [6, 6.07) is 55.3. The fourth-order valence-corrected chi connectivity index (χ4v) is 7.19. The first-order valence-electron chi connectivity index (χ1n) is 14.8. The van der Waals surface area contributed by atoms with Crippen molar-refractivity contribution in [1.82, 2.24) is 0 Å². The minimum absolute atomic E-state index is 0.0986. The Morgan fingerprint density at radius 3 is 1.50 bits per heavy atom. The van der Waals surface area contributed by atoms with Crippen molar-refractivity contribution in [3.05, 3.63) is 163 Å². The quantitative estimate of drug-likeness (QED) is 0.209. The SMILES string of the molecule is CC(C)(c1ccccc1)c1cccc2c1B1c3ccccc3N(c3ccccc3)c3cccc(c31)N2c1ccccc1. The third kappa shape index (κ3) is 3.60. The number of rotatable bonds is 4. The molecule has 42 heavy (non-hydrogen) atoms. The van der Waals surface area contributed by atoms with Crippen LogP contribution >= 0.6 is 0 Å². The summed E-state index contributed by atoms with van der Waals surface area (Å²) in [7, 11) is 0. The highest BCUT2D eigenvalue weighted by Gasteiger charge is 2.45. The van der Waals surface area contributed by atoms with Crippen molar-refractivity contribution < 1.29 is 0 Å². The molecular weight excluding hydrogens is 507 g/mol. The molecule has 0 saturated carbocycles. The maximum absolute atomic E-state index is 2.48. The van der Waals surface area contributed by atoms with E-state index in [-0.39, 0.29) is 12.1 Å². The number of para-hydroxylation sites is 3. The lowest BCUT2D eigenvalue weighted by atomic mass is 9.32. The predicted molar refractivity (Wildman–Crippen MR) is 179 cm³/mol. The van der Waals surface area contributed by atoms with E-state index in [2.05, 4.69) is 175 Å². The molecule has 0 aliphatic carbocycles. The van der Waals surface area contributed by atoms with Crippen molar-refractivity contribution in [3.8, 4) is 0 Å². The van der Waals surface area contributed by atoms with E-state index in [1.165, 1.54) is 61.6 Å². The molecule has 2 nitrogen and oxygen atoms in total. The summed E-state index contributed by atoms with van der Waals surface area (Å²) < 4.78 is 0. The van der Waals surface area contributed by atoms with Crippen molar-refractivity contribution >= 4 is 57.2 Å². The highest BCUT2D eigenvalue weighted by atomic mass is 15.2. The Kier molecular flexibility index (Phi) is 5.62. The number of anilines is 6. The largest absolute Gasteiger partial charge is 0.311 e. The zero-order valence-corrected chi connectivity index (χ0v) is 23.9. The van der Waals surface area contributed by atoms with Crippen molar-refractivity contribution in [2.45, 2.75) is 19.3 Å². The summed E-state index contributed by atoms with van der Waals surface area (Å²) in [5.74, 6) is 0. The van der Waals surface area contributed by atoms with E-state index in [9.17, 15) is 0 Å². The molecule has 0 aromatic heterocycles. The second kappa shape index (κ2) is 9.53. The van der Waals surface area contributed by atoms with Gasteiger partial charge in [-0.1, -0.05) is 117 Å². The van der Waals surface area contributed by atoms with Gasteiger partial charge in [0.05, 0.1) is 0 Å². The highest BCUT2D eigenvalue weighted by molar-refractivity contribution is 7.00. The van der Waals surface area contributed by atoms with Crippen LogP contribution in [0, 0.1) is 0 Å². The molecule has 2 aliphatic heterocycles. The van der Waals surface area contributed by atoms with Crippen molar-refractivity contribution in [3.63, 3.8) is 0 Å². The van der Waals surface area contributed by atoms with Crippen LogP contribution in [-0.4, -0.2) is 6.71 Å². The number of benzene rings is 6. The van der Waals surface area contributed by atoms with Gasteiger partial charge in [-0.15, -0.1) is 0 Å². The number of hydrogen-bond acceptors (Lipinski definition) is 2. The van der Waals surface area contributed by atoms with Crippen LogP contribution in [-0.2, 0) is 5.41 Å². The van der Waals surface area contributed by atoms with Gasteiger partial charge in [-0.3, -0.25) is 0 Å². The minimum atomic E-state index is -0.201. The van der Waals surface area contributed by atoms with Crippen molar-refractivity contribution in [2.24, 2.45) is 0 Å². The van der Waals surface area contributed by atoms with E-state index < -0.39 is 0 Å². The predicted octanol–water partition coefficient (Wildman–Crippen LogP) is 8.10. The van der Waals surface area contributed by atoms with Crippen LogP contribution in [0.15, 0.2) is 152 Å². The Balaban J connectivity index is 1.49. The molecule has 0 spiro atoms. The highest BCUT2D eigenvalue weighted by Crippen LogP contribution is 2.45. The average Bonchev–Trinajstić information content (AvgIpc) is 3.05. The molecule has 0 saturated heterocycles. The smallest absolute Gasteiger partial charge is 0.252 e. The Hall–Kier alpha value is -5.02. The lowest BCUT2D eigenvalue weighted by molar-refractivity contribution is 0.645. The van der Waals surface area contributed by atoms with E-state index in [1.807, 2.05) is 0 Å². The number of nitrogens with zero attached hydrogens (tertiary/aromatic N) is 2. The maximum Gasteiger partial charge on any atom is 0.252 e. The van der Waals surface area contributed by atoms with Crippen molar-refractivity contribution in [1.29, 1.82) is 0 Å². The van der Waals surface area contributed by atoms with Crippen LogP contribution < -0.4 is 26.2 Å². The summed E-state index contributed by atoms with van der Waals surface area (Å²) in [5, 5.41) is 0. The molecule has 0 fully saturated rings. The van der Waals surface area contributed by atoms with Gasteiger partial charge in [0.2, 0.25) is 0 Å². The zero-order valence-electron chi connectivity index (χ0n) is 23.9. The Labute approximate surface area is 248 Å². The maximum atomic E-state index is 2.48. The third-order valence-corrected chi connectivity index (χ3v) is 9.13. The lowest BCUT2D eigenvalue weighted by Gasteiger charge is -2.45. The molecule has 200 valence electrons. The van der Waals surface area contributed by atoms with Gasteiger partial charge in [-0.25, -0.2) is 0 Å². The van der Waals surface area contributed by atoms with Crippen LogP contribution in [0.3, 0.4) is 0 Å².